The Morgan fingerprint density at radius 3 is 1.32 bits per heavy atom. The van der Waals surface area contributed by atoms with E-state index in [9.17, 15) is 19.8 Å². The van der Waals surface area contributed by atoms with Gasteiger partial charge in [0.05, 0.1) is 11.9 Å². The molecule has 7 heteroatoms. The molecule has 6 nitrogen and oxygen atoms in total. The zero-order chi connectivity index (χ0) is 14.6. The van der Waals surface area contributed by atoms with Crippen molar-refractivity contribution in [3.63, 3.8) is 0 Å². The summed E-state index contributed by atoms with van der Waals surface area (Å²) in [5, 5.41) is 19.9. The first-order valence-corrected chi connectivity index (χ1v) is 6.29. The van der Waals surface area contributed by atoms with Crippen LogP contribution < -0.4 is 21.7 Å². The smallest absolute Gasteiger partial charge is 0.548 e. The molecule has 0 fully saturated rings. The quantitative estimate of drug-likeness (QED) is 0.522. The average Bonchev–Trinajstić information content (AvgIpc) is 2.33. The van der Waals surface area contributed by atoms with Crippen molar-refractivity contribution in [2.45, 2.75) is 64.5 Å². The fourth-order valence-electron chi connectivity index (χ4n) is 1.08. The summed E-state index contributed by atoms with van der Waals surface area (Å²) in [5.74, 6) is -2.30. The van der Waals surface area contributed by atoms with E-state index in [-0.39, 0.29) is 19.5 Å². The van der Waals surface area contributed by atoms with Gasteiger partial charge in [-0.05, 0) is 12.8 Å². The van der Waals surface area contributed by atoms with Crippen molar-refractivity contribution in [3.8, 4) is 0 Å². The standard InChI is InChI=1S/2C6H13NO2.Zn/c2*1-2-3-4-5(7)6(8)9;/h2*5H,2-4,7H2,1H3,(H,8,9);/q;;+2/p-2. The van der Waals surface area contributed by atoms with E-state index in [1.807, 2.05) is 13.8 Å². The molecule has 19 heavy (non-hydrogen) atoms. The average molecular weight is 326 g/mol. The number of unbranched alkanes of at least 4 members (excludes halogenated alkanes) is 2. The molecule has 0 saturated heterocycles. The van der Waals surface area contributed by atoms with Gasteiger partial charge in [-0.3, -0.25) is 0 Å². The Bertz CT molecular complexity index is 216. The van der Waals surface area contributed by atoms with Crippen LogP contribution in [0, 0.1) is 0 Å². The van der Waals surface area contributed by atoms with E-state index < -0.39 is 24.0 Å². The Morgan fingerprint density at radius 2 is 1.16 bits per heavy atom. The van der Waals surface area contributed by atoms with E-state index in [2.05, 4.69) is 0 Å². The van der Waals surface area contributed by atoms with Gasteiger partial charge in [-0.15, -0.1) is 0 Å². The molecule has 0 saturated carbocycles. The second kappa shape index (κ2) is 15.5. The van der Waals surface area contributed by atoms with Crippen LogP contribution in [-0.4, -0.2) is 24.0 Å². The van der Waals surface area contributed by atoms with Gasteiger partial charge in [0, 0.05) is 12.1 Å². The number of carboxylic acid groups (broad SMARTS) is 2. The van der Waals surface area contributed by atoms with Crippen molar-refractivity contribution < 1.29 is 39.3 Å². The van der Waals surface area contributed by atoms with Crippen LogP contribution in [0.4, 0.5) is 0 Å². The van der Waals surface area contributed by atoms with Crippen LogP contribution in [0.15, 0.2) is 0 Å². The molecule has 0 aliphatic rings. The Balaban J connectivity index is -0.000000256. The van der Waals surface area contributed by atoms with E-state index in [1.165, 1.54) is 0 Å². The molecule has 0 heterocycles. The number of carbonyl (C=O) groups excluding carboxylic acids is 2. The number of carboxylic acids is 2. The first kappa shape index (κ1) is 23.6. The van der Waals surface area contributed by atoms with Crippen LogP contribution in [0.3, 0.4) is 0 Å². The molecular formula is C12H24N2O4Zn. The van der Waals surface area contributed by atoms with Crippen molar-refractivity contribution in [2.24, 2.45) is 11.5 Å². The Labute approximate surface area is 127 Å². The largest absolute Gasteiger partial charge is 2.00 e. The molecule has 0 aromatic carbocycles. The number of hydrogen-bond acceptors (Lipinski definition) is 6. The Hall–Kier alpha value is -0.517. The summed E-state index contributed by atoms with van der Waals surface area (Å²) < 4.78 is 0. The van der Waals surface area contributed by atoms with Crippen molar-refractivity contribution >= 4 is 11.9 Å². The van der Waals surface area contributed by atoms with Crippen LogP contribution in [-0.2, 0) is 29.1 Å². The van der Waals surface area contributed by atoms with Gasteiger partial charge in [-0.2, -0.15) is 0 Å². The molecular weight excluding hydrogens is 302 g/mol. The zero-order valence-electron chi connectivity index (χ0n) is 11.9. The predicted molar refractivity (Wildman–Crippen MR) is 65.0 cm³/mol. The summed E-state index contributed by atoms with van der Waals surface area (Å²) in [4.78, 5) is 19.9. The minimum absolute atomic E-state index is 0. The van der Waals surface area contributed by atoms with E-state index in [0.717, 1.165) is 25.7 Å². The maximum absolute atomic E-state index is 9.97. The maximum Gasteiger partial charge on any atom is 2.00 e. The molecule has 0 radical (unpaired) electrons. The van der Waals surface area contributed by atoms with Gasteiger partial charge < -0.3 is 31.3 Å². The minimum Gasteiger partial charge on any atom is -0.548 e. The third-order valence-corrected chi connectivity index (χ3v) is 2.34. The number of hydrogen-bond donors (Lipinski definition) is 2. The zero-order valence-corrected chi connectivity index (χ0v) is 14.9. The van der Waals surface area contributed by atoms with Crippen LogP contribution in [0.5, 0.6) is 0 Å². The molecule has 4 N–H and O–H groups in total. The SMILES string of the molecule is CCCCC(N)C(=O)[O-].CCCCC(N)C(=O)[O-].[Zn+2]. The second-order valence-electron chi connectivity index (χ2n) is 4.14. The van der Waals surface area contributed by atoms with Gasteiger partial charge in [0.1, 0.15) is 0 Å². The van der Waals surface area contributed by atoms with Crippen LogP contribution in [0.2, 0.25) is 0 Å². The van der Waals surface area contributed by atoms with Gasteiger partial charge in [-0.1, -0.05) is 39.5 Å². The normalized spacial score (nSPS) is 12.4. The molecule has 0 bridgehead atoms. The van der Waals surface area contributed by atoms with Crippen molar-refractivity contribution in [2.75, 3.05) is 0 Å². The number of rotatable bonds is 8. The van der Waals surface area contributed by atoms with Crippen molar-refractivity contribution in [1.82, 2.24) is 0 Å². The van der Waals surface area contributed by atoms with Crippen LogP contribution in [0.25, 0.3) is 0 Å². The van der Waals surface area contributed by atoms with Crippen LogP contribution in [0.1, 0.15) is 52.4 Å². The molecule has 0 rings (SSSR count). The summed E-state index contributed by atoms with van der Waals surface area (Å²) in [7, 11) is 0. The number of aliphatic carboxylic acids is 2. The minimum atomic E-state index is -1.15. The van der Waals surface area contributed by atoms with E-state index >= 15 is 0 Å². The van der Waals surface area contributed by atoms with Gasteiger partial charge >= 0.3 is 19.5 Å². The predicted octanol–water partition coefficient (Wildman–Crippen LogP) is -1.49. The maximum atomic E-state index is 9.97. The van der Waals surface area contributed by atoms with E-state index in [4.69, 9.17) is 11.5 Å². The third-order valence-electron chi connectivity index (χ3n) is 2.34. The number of carbonyl (C=O) groups is 2. The molecule has 2 atom stereocenters. The molecule has 0 spiro atoms. The van der Waals surface area contributed by atoms with E-state index in [1.54, 1.807) is 0 Å². The molecule has 108 valence electrons. The summed E-state index contributed by atoms with van der Waals surface area (Å²) in [6.45, 7) is 3.98. The monoisotopic (exact) mass is 324 g/mol. The summed E-state index contributed by atoms with van der Waals surface area (Å²) in [6, 6.07) is -1.55. The van der Waals surface area contributed by atoms with Gasteiger partial charge in [-0.25, -0.2) is 0 Å². The van der Waals surface area contributed by atoms with Gasteiger partial charge in [0.25, 0.3) is 0 Å². The fourth-order valence-corrected chi connectivity index (χ4v) is 1.08. The topological polar surface area (TPSA) is 132 Å². The second-order valence-corrected chi connectivity index (χ2v) is 4.14. The van der Waals surface area contributed by atoms with Gasteiger partial charge in [0.2, 0.25) is 0 Å². The number of nitrogens with two attached hydrogens (primary N) is 2. The third kappa shape index (κ3) is 17.5. The summed E-state index contributed by atoms with van der Waals surface area (Å²) in [6.07, 6.45) is 4.71. The summed E-state index contributed by atoms with van der Waals surface area (Å²) >= 11 is 0. The molecule has 0 aliphatic heterocycles. The molecule has 0 aromatic rings. The fraction of sp³-hybridized carbons (Fsp3) is 0.833. The molecule has 0 aromatic heterocycles. The first-order valence-electron chi connectivity index (χ1n) is 6.29. The Kier molecular flexibility index (Phi) is 19.3. The first-order chi connectivity index (χ1) is 8.36. The van der Waals surface area contributed by atoms with E-state index in [0.29, 0.717) is 12.8 Å². The van der Waals surface area contributed by atoms with Crippen molar-refractivity contribution in [1.29, 1.82) is 0 Å². The van der Waals surface area contributed by atoms with Crippen molar-refractivity contribution in [3.05, 3.63) is 0 Å². The Morgan fingerprint density at radius 1 is 0.895 bits per heavy atom. The molecule has 2 unspecified atom stereocenters. The summed E-state index contributed by atoms with van der Waals surface area (Å²) in [5.41, 5.74) is 10.3. The van der Waals surface area contributed by atoms with Gasteiger partial charge in [0.15, 0.2) is 0 Å². The molecule has 0 aliphatic carbocycles. The van der Waals surface area contributed by atoms with Crippen LogP contribution >= 0.6 is 0 Å². The molecule has 0 amide bonds.